The summed E-state index contributed by atoms with van der Waals surface area (Å²) in [5.41, 5.74) is 5.28. The second-order valence-electron chi connectivity index (χ2n) is 2.58. The van der Waals surface area contributed by atoms with Crippen LogP contribution in [0.3, 0.4) is 0 Å². The minimum atomic E-state index is -0.312. The highest BCUT2D eigenvalue weighted by Crippen LogP contribution is 1.80. The van der Waals surface area contributed by atoms with Crippen LogP contribution in [0.25, 0.3) is 0 Å². The molecule has 0 heterocycles. The van der Waals surface area contributed by atoms with Crippen molar-refractivity contribution in [1.29, 1.82) is 0 Å². The van der Waals surface area contributed by atoms with Gasteiger partial charge in [0.1, 0.15) is 0 Å². The Morgan fingerprint density at radius 1 is 1.69 bits per heavy atom. The average molecular weight is 188 g/mol. The Labute approximate surface area is 77.2 Å². The van der Waals surface area contributed by atoms with E-state index in [1.165, 1.54) is 0 Å². The van der Waals surface area contributed by atoms with Gasteiger partial charge in [0.05, 0.1) is 12.6 Å². The molecule has 6 nitrogen and oxygen atoms in total. The van der Waals surface area contributed by atoms with E-state index in [2.05, 4.69) is 15.8 Å². The molecule has 0 saturated carbocycles. The summed E-state index contributed by atoms with van der Waals surface area (Å²) in [5.74, 6) is -0.0515. The fourth-order valence-electron chi connectivity index (χ4n) is 0.697. The number of nitrogens with two attached hydrogens (primary N) is 1. The smallest absolute Gasteiger partial charge is 0.233 e. The number of amides is 1. The molecule has 76 valence electrons. The Hall–Kier alpha value is -1.30. The quantitative estimate of drug-likeness (QED) is 0.189. The molecule has 0 spiro atoms. The number of carbonyl (C=O) groups is 1. The number of amidine groups is 1. The second kappa shape index (κ2) is 6.24. The summed E-state index contributed by atoms with van der Waals surface area (Å²) >= 11 is 0. The first-order chi connectivity index (χ1) is 6.11. The maximum absolute atomic E-state index is 10.9. The third kappa shape index (κ3) is 5.02. The van der Waals surface area contributed by atoms with E-state index in [1.54, 1.807) is 6.92 Å². The summed E-state index contributed by atoms with van der Waals surface area (Å²) < 4.78 is 0. The molecule has 0 aromatic carbocycles. The maximum Gasteiger partial charge on any atom is 0.233 e. The standard InChI is InChI=1S/C7H16N4O2/c1-3-9-6(12)4-10-5(2)7(8)11-13/h5,10,13H,3-4H2,1-2H3,(H2,8,11)(H,9,12). The molecule has 0 bridgehead atoms. The van der Waals surface area contributed by atoms with Crippen LogP contribution in [-0.4, -0.2) is 36.1 Å². The van der Waals surface area contributed by atoms with Gasteiger partial charge in [0.25, 0.3) is 0 Å². The topological polar surface area (TPSA) is 99.7 Å². The first-order valence-corrected chi connectivity index (χ1v) is 4.09. The number of nitrogens with zero attached hydrogens (tertiary/aromatic N) is 1. The van der Waals surface area contributed by atoms with Crippen molar-refractivity contribution < 1.29 is 10.0 Å². The number of likely N-dealkylation sites (N-methyl/N-ethyl adjacent to an activating group) is 1. The number of hydrogen-bond acceptors (Lipinski definition) is 4. The zero-order valence-corrected chi connectivity index (χ0v) is 7.87. The minimum absolute atomic E-state index is 0.0595. The third-order valence-corrected chi connectivity index (χ3v) is 1.50. The predicted octanol–water partition coefficient (Wildman–Crippen LogP) is -1.15. The summed E-state index contributed by atoms with van der Waals surface area (Å²) in [4.78, 5) is 10.9. The van der Waals surface area contributed by atoms with Crippen LogP contribution in [0.5, 0.6) is 0 Å². The molecule has 0 aliphatic carbocycles. The monoisotopic (exact) mass is 188 g/mol. The minimum Gasteiger partial charge on any atom is -0.409 e. The Morgan fingerprint density at radius 3 is 2.77 bits per heavy atom. The summed E-state index contributed by atoms with van der Waals surface area (Å²) in [6.45, 7) is 4.29. The number of oxime groups is 1. The van der Waals surface area contributed by atoms with E-state index in [9.17, 15) is 4.79 Å². The predicted molar refractivity (Wildman–Crippen MR) is 49.6 cm³/mol. The summed E-state index contributed by atoms with van der Waals surface area (Å²) in [6, 6.07) is -0.312. The van der Waals surface area contributed by atoms with Gasteiger partial charge in [-0.3, -0.25) is 10.1 Å². The van der Waals surface area contributed by atoms with Gasteiger partial charge in [-0.2, -0.15) is 0 Å². The van der Waals surface area contributed by atoms with Crippen LogP contribution in [0, 0.1) is 0 Å². The lowest BCUT2D eigenvalue weighted by molar-refractivity contribution is -0.120. The van der Waals surface area contributed by atoms with Gasteiger partial charge in [-0.15, -0.1) is 0 Å². The molecular formula is C7H16N4O2. The largest absolute Gasteiger partial charge is 0.409 e. The Morgan fingerprint density at radius 2 is 2.31 bits per heavy atom. The van der Waals surface area contributed by atoms with Crippen molar-refractivity contribution in [3.05, 3.63) is 0 Å². The fourth-order valence-corrected chi connectivity index (χ4v) is 0.697. The highest BCUT2D eigenvalue weighted by atomic mass is 16.4. The molecule has 0 radical (unpaired) electrons. The van der Waals surface area contributed by atoms with Crippen molar-refractivity contribution in [3.8, 4) is 0 Å². The van der Waals surface area contributed by atoms with Crippen LogP contribution in [0.15, 0.2) is 5.16 Å². The highest BCUT2D eigenvalue weighted by Gasteiger charge is 2.07. The summed E-state index contributed by atoms with van der Waals surface area (Å²) in [6.07, 6.45) is 0. The van der Waals surface area contributed by atoms with E-state index in [-0.39, 0.29) is 24.3 Å². The van der Waals surface area contributed by atoms with E-state index in [0.29, 0.717) is 6.54 Å². The number of nitrogens with one attached hydrogen (secondary N) is 2. The van der Waals surface area contributed by atoms with Crippen LogP contribution in [-0.2, 0) is 4.79 Å². The molecule has 0 rings (SSSR count). The first-order valence-electron chi connectivity index (χ1n) is 4.09. The van der Waals surface area contributed by atoms with Crippen molar-refractivity contribution in [3.63, 3.8) is 0 Å². The van der Waals surface area contributed by atoms with Crippen molar-refractivity contribution >= 4 is 11.7 Å². The van der Waals surface area contributed by atoms with Gasteiger partial charge in [0.15, 0.2) is 5.84 Å². The van der Waals surface area contributed by atoms with E-state index in [4.69, 9.17) is 10.9 Å². The molecule has 1 amide bonds. The molecule has 0 saturated heterocycles. The third-order valence-electron chi connectivity index (χ3n) is 1.50. The van der Waals surface area contributed by atoms with Gasteiger partial charge >= 0.3 is 0 Å². The van der Waals surface area contributed by atoms with Gasteiger partial charge in [-0.25, -0.2) is 0 Å². The van der Waals surface area contributed by atoms with E-state index in [0.717, 1.165) is 0 Å². The normalized spacial score (nSPS) is 13.8. The molecule has 0 aliphatic heterocycles. The number of rotatable bonds is 5. The molecule has 0 aromatic heterocycles. The lowest BCUT2D eigenvalue weighted by Crippen LogP contribution is -2.44. The van der Waals surface area contributed by atoms with Crippen molar-refractivity contribution in [2.24, 2.45) is 10.9 Å². The van der Waals surface area contributed by atoms with Crippen molar-refractivity contribution in [1.82, 2.24) is 10.6 Å². The second-order valence-corrected chi connectivity index (χ2v) is 2.58. The molecule has 0 fully saturated rings. The van der Waals surface area contributed by atoms with Crippen LogP contribution in [0.1, 0.15) is 13.8 Å². The van der Waals surface area contributed by atoms with Gasteiger partial charge in [0, 0.05) is 6.54 Å². The number of carbonyl (C=O) groups excluding carboxylic acids is 1. The summed E-state index contributed by atoms with van der Waals surface area (Å²) in [5, 5.41) is 16.5. The molecule has 0 aliphatic rings. The van der Waals surface area contributed by atoms with Crippen LogP contribution < -0.4 is 16.4 Å². The van der Waals surface area contributed by atoms with E-state index < -0.39 is 0 Å². The van der Waals surface area contributed by atoms with Gasteiger partial charge < -0.3 is 16.3 Å². The Balaban J connectivity index is 3.70. The molecular weight excluding hydrogens is 172 g/mol. The number of hydrogen-bond donors (Lipinski definition) is 4. The first kappa shape index (κ1) is 11.7. The van der Waals surface area contributed by atoms with Crippen molar-refractivity contribution in [2.75, 3.05) is 13.1 Å². The maximum atomic E-state index is 10.9. The molecule has 5 N–H and O–H groups in total. The van der Waals surface area contributed by atoms with Crippen LogP contribution in [0.2, 0.25) is 0 Å². The van der Waals surface area contributed by atoms with E-state index in [1.807, 2.05) is 6.92 Å². The van der Waals surface area contributed by atoms with Gasteiger partial charge in [-0.1, -0.05) is 5.16 Å². The van der Waals surface area contributed by atoms with Crippen LogP contribution in [0.4, 0.5) is 0 Å². The van der Waals surface area contributed by atoms with Gasteiger partial charge in [0.2, 0.25) is 5.91 Å². The molecule has 1 unspecified atom stereocenters. The molecule has 0 aromatic rings. The fraction of sp³-hybridized carbons (Fsp3) is 0.714. The SMILES string of the molecule is CCNC(=O)CNC(C)C(N)=NO. The van der Waals surface area contributed by atoms with Gasteiger partial charge in [-0.05, 0) is 13.8 Å². The van der Waals surface area contributed by atoms with Crippen molar-refractivity contribution in [2.45, 2.75) is 19.9 Å². The lowest BCUT2D eigenvalue weighted by atomic mass is 10.3. The average Bonchev–Trinajstić information content (AvgIpc) is 2.13. The molecule has 13 heavy (non-hydrogen) atoms. The van der Waals surface area contributed by atoms with E-state index >= 15 is 0 Å². The zero-order valence-electron chi connectivity index (χ0n) is 7.87. The van der Waals surface area contributed by atoms with Crippen LogP contribution >= 0.6 is 0 Å². The molecule has 6 heteroatoms. The summed E-state index contributed by atoms with van der Waals surface area (Å²) in [7, 11) is 0. The highest BCUT2D eigenvalue weighted by molar-refractivity contribution is 5.85. The Bertz CT molecular complexity index is 193. The lowest BCUT2D eigenvalue weighted by Gasteiger charge is -2.11. The zero-order chi connectivity index (χ0) is 10.3. The Kier molecular flexibility index (Phi) is 5.62. The molecule has 1 atom stereocenters.